The maximum atomic E-state index is 12.4. The van der Waals surface area contributed by atoms with Crippen LogP contribution < -0.4 is 5.32 Å². The number of aromatic amines is 1. The van der Waals surface area contributed by atoms with E-state index in [9.17, 15) is 9.90 Å². The second-order valence-corrected chi connectivity index (χ2v) is 7.30. The van der Waals surface area contributed by atoms with Crippen molar-refractivity contribution in [2.45, 2.75) is 32.3 Å². The highest BCUT2D eigenvalue weighted by atomic mass is 32.1. The third-order valence-corrected chi connectivity index (χ3v) is 5.09. The highest BCUT2D eigenvalue weighted by Crippen LogP contribution is 2.39. The molecule has 112 valence electrons. The monoisotopic (exact) mass is 304 g/mol. The first-order valence-corrected chi connectivity index (χ1v) is 8.03. The summed E-state index contributed by atoms with van der Waals surface area (Å²) in [5.74, 6) is 0.182. The quantitative estimate of drug-likeness (QED) is 0.795. The van der Waals surface area contributed by atoms with Crippen LogP contribution >= 0.6 is 11.3 Å². The van der Waals surface area contributed by atoms with Crippen LogP contribution in [0.2, 0.25) is 0 Å². The van der Waals surface area contributed by atoms with E-state index < -0.39 is 5.60 Å². The average Bonchev–Trinajstić information content (AvgIpc) is 3.05. The van der Waals surface area contributed by atoms with Gasteiger partial charge in [-0.1, -0.05) is 0 Å². The van der Waals surface area contributed by atoms with Crippen LogP contribution in [0.3, 0.4) is 0 Å². The van der Waals surface area contributed by atoms with Gasteiger partial charge in [0.2, 0.25) is 0 Å². The van der Waals surface area contributed by atoms with E-state index in [4.69, 9.17) is 0 Å². The Kier molecular flexibility index (Phi) is 3.63. The predicted octanol–water partition coefficient (Wildman–Crippen LogP) is 2.94. The number of carbonyl (C=O) groups is 1. The van der Waals surface area contributed by atoms with Crippen LogP contribution in [0.15, 0.2) is 24.5 Å². The SMILES string of the molecule is Cc1ccc(-c2c[nH]cc2C(=O)NCC(C)(O)C2CC2)s1. The molecule has 1 fully saturated rings. The predicted molar refractivity (Wildman–Crippen MR) is 84.5 cm³/mol. The standard InChI is InChI=1S/C16H20N2O2S/c1-10-3-6-14(21-10)12-7-17-8-13(12)15(19)18-9-16(2,20)11-4-5-11/h3,6-8,11,17,20H,4-5,9H2,1-2H3,(H,18,19). The van der Waals surface area contributed by atoms with Crippen molar-refractivity contribution in [2.75, 3.05) is 6.54 Å². The van der Waals surface area contributed by atoms with Gasteiger partial charge in [0.05, 0.1) is 11.2 Å². The Labute approximate surface area is 128 Å². The molecular formula is C16H20N2O2S. The number of hydrogen-bond donors (Lipinski definition) is 3. The molecule has 1 amide bonds. The Hall–Kier alpha value is -1.59. The molecule has 5 heteroatoms. The highest BCUT2D eigenvalue weighted by Gasteiger charge is 2.40. The van der Waals surface area contributed by atoms with Gasteiger partial charge >= 0.3 is 0 Å². The maximum Gasteiger partial charge on any atom is 0.253 e. The van der Waals surface area contributed by atoms with Crippen LogP contribution in [0.5, 0.6) is 0 Å². The molecule has 2 aromatic heterocycles. The van der Waals surface area contributed by atoms with Gasteiger partial charge < -0.3 is 15.4 Å². The molecule has 1 aliphatic rings. The van der Waals surface area contributed by atoms with E-state index in [1.807, 2.05) is 25.3 Å². The number of aromatic nitrogens is 1. The molecule has 2 heterocycles. The summed E-state index contributed by atoms with van der Waals surface area (Å²) in [6.45, 7) is 4.14. The summed E-state index contributed by atoms with van der Waals surface area (Å²) in [6, 6.07) is 4.08. The van der Waals surface area contributed by atoms with Crippen molar-refractivity contribution in [3.8, 4) is 10.4 Å². The van der Waals surface area contributed by atoms with Crippen LogP contribution in [-0.4, -0.2) is 28.1 Å². The van der Waals surface area contributed by atoms with Crippen LogP contribution in [-0.2, 0) is 0 Å². The number of aryl methyl sites for hydroxylation is 1. The van der Waals surface area contributed by atoms with Gasteiger partial charge in [-0.3, -0.25) is 4.79 Å². The number of aliphatic hydroxyl groups is 1. The molecule has 21 heavy (non-hydrogen) atoms. The summed E-state index contributed by atoms with van der Waals surface area (Å²) in [7, 11) is 0. The minimum absolute atomic E-state index is 0.141. The molecule has 1 atom stereocenters. The number of carbonyl (C=O) groups excluding carboxylic acids is 1. The molecule has 0 bridgehead atoms. The molecule has 3 rings (SSSR count). The number of amides is 1. The lowest BCUT2D eigenvalue weighted by Gasteiger charge is -2.23. The second-order valence-electron chi connectivity index (χ2n) is 6.01. The van der Waals surface area contributed by atoms with Crippen LogP contribution in [0.1, 0.15) is 35.0 Å². The van der Waals surface area contributed by atoms with Gasteiger partial charge in [-0.25, -0.2) is 0 Å². The zero-order valence-corrected chi connectivity index (χ0v) is 13.1. The fourth-order valence-electron chi connectivity index (χ4n) is 2.54. The average molecular weight is 304 g/mol. The van der Waals surface area contributed by atoms with E-state index in [0.29, 0.717) is 18.0 Å². The first-order valence-electron chi connectivity index (χ1n) is 7.21. The number of H-pyrrole nitrogens is 1. The lowest BCUT2D eigenvalue weighted by Crippen LogP contribution is -2.42. The highest BCUT2D eigenvalue weighted by molar-refractivity contribution is 7.15. The minimum Gasteiger partial charge on any atom is -0.388 e. The third-order valence-electron chi connectivity index (χ3n) is 4.06. The normalized spacial score (nSPS) is 17.5. The van der Waals surface area contributed by atoms with E-state index in [1.165, 1.54) is 4.88 Å². The molecule has 1 aliphatic carbocycles. The fraction of sp³-hybridized carbons (Fsp3) is 0.438. The van der Waals surface area contributed by atoms with Crippen molar-refractivity contribution in [2.24, 2.45) is 5.92 Å². The zero-order chi connectivity index (χ0) is 15.0. The molecule has 0 aliphatic heterocycles. The summed E-state index contributed by atoms with van der Waals surface area (Å²) < 4.78 is 0. The van der Waals surface area contributed by atoms with Crippen molar-refractivity contribution >= 4 is 17.2 Å². The molecule has 2 aromatic rings. The fourth-order valence-corrected chi connectivity index (χ4v) is 3.44. The second kappa shape index (κ2) is 5.31. The summed E-state index contributed by atoms with van der Waals surface area (Å²) >= 11 is 1.67. The molecule has 1 unspecified atom stereocenters. The Morgan fingerprint density at radius 3 is 2.86 bits per heavy atom. The van der Waals surface area contributed by atoms with Crippen molar-refractivity contribution in [3.63, 3.8) is 0 Å². The maximum absolute atomic E-state index is 12.4. The van der Waals surface area contributed by atoms with E-state index >= 15 is 0 Å². The molecular weight excluding hydrogens is 284 g/mol. The van der Waals surface area contributed by atoms with E-state index in [2.05, 4.69) is 10.3 Å². The molecule has 3 N–H and O–H groups in total. The van der Waals surface area contributed by atoms with Gasteiger partial charge in [-0.05, 0) is 44.7 Å². The van der Waals surface area contributed by atoms with Gasteiger partial charge in [0.1, 0.15) is 0 Å². The molecule has 0 radical (unpaired) electrons. The lowest BCUT2D eigenvalue weighted by molar-refractivity contribution is 0.0354. The molecule has 0 aromatic carbocycles. The summed E-state index contributed by atoms with van der Waals surface area (Å²) in [5.41, 5.74) is 0.742. The molecule has 4 nitrogen and oxygen atoms in total. The van der Waals surface area contributed by atoms with Gasteiger partial charge in [0.25, 0.3) is 5.91 Å². The van der Waals surface area contributed by atoms with E-state index in [0.717, 1.165) is 23.3 Å². The van der Waals surface area contributed by atoms with Crippen LogP contribution in [0.4, 0.5) is 0 Å². The Morgan fingerprint density at radius 1 is 1.48 bits per heavy atom. The van der Waals surface area contributed by atoms with Crippen molar-refractivity contribution < 1.29 is 9.90 Å². The minimum atomic E-state index is -0.800. The molecule has 1 saturated carbocycles. The summed E-state index contributed by atoms with van der Waals surface area (Å²) in [5, 5.41) is 13.1. The van der Waals surface area contributed by atoms with Gasteiger partial charge in [0, 0.05) is 34.3 Å². The topological polar surface area (TPSA) is 65.1 Å². The van der Waals surface area contributed by atoms with Gasteiger partial charge in [-0.15, -0.1) is 11.3 Å². The van der Waals surface area contributed by atoms with Crippen molar-refractivity contribution in [1.82, 2.24) is 10.3 Å². The summed E-state index contributed by atoms with van der Waals surface area (Å²) in [6.07, 6.45) is 5.66. The Balaban J connectivity index is 1.72. The van der Waals surface area contributed by atoms with Crippen LogP contribution in [0.25, 0.3) is 10.4 Å². The first kappa shape index (κ1) is 14.4. The lowest BCUT2D eigenvalue weighted by atomic mass is 10.0. The van der Waals surface area contributed by atoms with Crippen molar-refractivity contribution in [1.29, 1.82) is 0 Å². The van der Waals surface area contributed by atoms with Gasteiger partial charge in [-0.2, -0.15) is 0 Å². The zero-order valence-electron chi connectivity index (χ0n) is 12.3. The van der Waals surface area contributed by atoms with E-state index in [1.54, 1.807) is 24.5 Å². The summed E-state index contributed by atoms with van der Waals surface area (Å²) in [4.78, 5) is 17.7. The Morgan fingerprint density at radius 2 is 2.24 bits per heavy atom. The van der Waals surface area contributed by atoms with E-state index in [-0.39, 0.29) is 5.91 Å². The number of thiophene rings is 1. The smallest absolute Gasteiger partial charge is 0.253 e. The number of rotatable bonds is 5. The van der Waals surface area contributed by atoms with Gasteiger partial charge in [0.15, 0.2) is 0 Å². The van der Waals surface area contributed by atoms with Crippen LogP contribution in [0, 0.1) is 12.8 Å². The molecule has 0 spiro atoms. The first-order chi connectivity index (χ1) is 9.97. The molecule has 0 saturated heterocycles. The number of nitrogens with one attached hydrogen (secondary N) is 2. The Bertz CT molecular complexity index is 653. The largest absolute Gasteiger partial charge is 0.388 e. The number of hydrogen-bond acceptors (Lipinski definition) is 3. The van der Waals surface area contributed by atoms with Crippen molar-refractivity contribution in [3.05, 3.63) is 35.0 Å². The third kappa shape index (κ3) is 3.04.